The third-order valence-corrected chi connectivity index (χ3v) is 3.20. The van der Waals surface area contributed by atoms with Gasteiger partial charge in [-0.25, -0.2) is 0 Å². The van der Waals surface area contributed by atoms with E-state index in [0.29, 0.717) is 17.9 Å². The minimum absolute atomic E-state index is 0.0184. The first kappa shape index (κ1) is 14.0. The van der Waals surface area contributed by atoms with Gasteiger partial charge >= 0.3 is 6.01 Å². The smallest absolute Gasteiger partial charge is 0.322 e. The summed E-state index contributed by atoms with van der Waals surface area (Å²) in [5.74, 6) is -0.110. The molecule has 0 aromatic carbocycles. The molecule has 0 saturated carbocycles. The highest BCUT2D eigenvalue weighted by atomic mass is 16.4. The summed E-state index contributed by atoms with van der Waals surface area (Å²) in [7, 11) is 1.76. The summed E-state index contributed by atoms with van der Waals surface area (Å²) >= 11 is 0. The zero-order chi connectivity index (χ0) is 15.7. The van der Waals surface area contributed by atoms with Gasteiger partial charge in [-0.3, -0.25) is 19.5 Å². The van der Waals surface area contributed by atoms with Crippen LogP contribution in [0.4, 0.5) is 6.01 Å². The lowest BCUT2D eigenvalue weighted by Gasteiger charge is -1.97. The number of hydrogen-bond acceptors (Lipinski definition) is 6. The topological polar surface area (TPSA) is 104 Å². The van der Waals surface area contributed by atoms with E-state index in [1.807, 2.05) is 13.8 Å². The van der Waals surface area contributed by atoms with E-state index in [1.54, 1.807) is 34.7 Å². The van der Waals surface area contributed by atoms with Crippen LogP contribution in [0.25, 0.3) is 11.6 Å². The third-order valence-electron chi connectivity index (χ3n) is 3.20. The molecule has 0 saturated heterocycles. The van der Waals surface area contributed by atoms with E-state index in [-0.39, 0.29) is 11.9 Å². The van der Waals surface area contributed by atoms with Crippen molar-refractivity contribution in [3.05, 3.63) is 29.7 Å². The number of rotatable bonds is 4. The van der Waals surface area contributed by atoms with E-state index in [2.05, 4.69) is 25.7 Å². The zero-order valence-corrected chi connectivity index (χ0v) is 12.4. The molecule has 114 valence electrons. The van der Waals surface area contributed by atoms with E-state index in [1.165, 1.54) is 0 Å². The maximum Gasteiger partial charge on any atom is 0.322 e. The molecule has 3 aromatic rings. The number of aromatic nitrogens is 6. The zero-order valence-electron chi connectivity index (χ0n) is 12.4. The Bertz CT molecular complexity index is 814. The maximum absolute atomic E-state index is 12.1. The molecular weight excluding hydrogens is 286 g/mol. The standard InChI is InChI=1S/C13H15N7O2/c1-4-20-8(2)7-9(18-20)11(21)15-13-17-16-12(22-13)10-5-6-14-19(10)3/h5-7H,4H2,1-3H3,(H,15,17,21). The number of nitrogens with zero attached hydrogens (tertiary/aromatic N) is 6. The Morgan fingerprint density at radius 1 is 1.41 bits per heavy atom. The highest BCUT2D eigenvalue weighted by Gasteiger charge is 2.17. The van der Waals surface area contributed by atoms with Crippen LogP contribution in [0.1, 0.15) is 23.1 Å². The quantitative estimate of drug-likeness (QED) is 0.777. The highest BCUT2D eigenvalue weighted by Crippen LogP contribution is 2.18. The van der Waals surface area contributed by atoms with E-state index < -0.39 is 5.91 Å². The lowest BCUT2D eigenvalue weighted by atomic mass is 10.3. The molecule has 1 N–H and O–H groups in total. The van der Waals surface area contributed by atoms with Gasteiger partial charge < -0.3 is 4.42 Å². The van der Waals surface area contributed by atoms with E-state index >= 15 is 0 Å². The Morgan fingerprint density at radius 3 is 2.86 bits per heavy atom. The monoisotopic (exact) mass is 301 g/mol. The van der Waals surface area contributed by atoms with Gasteiger partial charge in [0.15, 0.2) is 5.69 Å². The lowest BCUT2D eigenvalue weighted by molar-refractivity contribution is 0.101. The van der Waals surface area contributed by atoms with Crippen molar-refractivity contribution in [1.29, 1.82) is 0 Å². The molecule has 22 heavy (non-hydrogen) atoms. The van der Waals surface area contributed by atoms with E-state index in [4.69, 9.17) is 4.42 Å². The van der Waals surface area contributed by atoms with Crippen LogP contribution in [-0.4, -0.2) is 35.7 Å². The number of aryl methyl sites for hydroxylation is 3. The van der Waals surface area contributed by atoms with Gasteiger partial charge in [0.25, 0.3) is 11.8 Å². The van der Waals surface area contributed by atoms with Crippen molar-refractivity contribution in [3.63, 3.8) is 0 Å². The normalized spacial score (nSPS) is 10.9. The summed E-state index contributed by atoms with van der Waals surface area (Å²) in [5.41, 5.74) is 1.88. The van der Waals surface area contributed by atoms with Crippen molar-refractivity contribution in [1.82, 2.24) is 29.8 Å². The molecule has 0 unspecified atom stereocenters. The molecule has 0 radical (unpaired) electrons. The van der Waals surface area contributed by atoms with Gasteiger partial charge in [0.2, 0.25) is 0 Å². The van der Waals surface area contributed by atoms with Crippen molar-refractivity contribution in [3.8, 4) is 11.6 Å². The van der Waals surface area contributed by atoms with Crippen LogP contribution in [0.2, 0.25) is 0 Å². The summed E-state index contributed by atoms with van der Waals surface area (Å²) in [5, 5.41) is 18.4. The summed E-state index contributed by atoms with van der Waals surface area (Å²) in [6, 6.07) is 3.47. The molecule has 1 amide bonds. The van der Waals surface area contributed by atoms with Crippen LogP contribution in [0.15, 0.2) is 22.7 Å². The van der Waals surface area contributed by atoms with Gasteiger partial charge in [-0.1, -0.05) is 5.10 Å². The molecule has 0 spiro atoms. The largest absolute Gasteiger partial charge is 0.401 e. The second-order valence-electron chi connectivity index (χ2n) is 4.69. The van der Waals surface area contributed by atoms with Crippen molar-refractivity contribution in [2.24, 2.45) is 7.05 Å². The Morgan fingerprint density at radius 2 is 2.23 bits per heavy atom. The molecule has 0 aliphatic heterocycles. The molecule has 9 heteroatoms. The van der Waals surface area contributed by atoms with Gasteiger partial charge in [-0.05, 0) is 26.0 Å². The van der Waals surface area contributed by atoms with E-state index in [0.717, 1.165) is 5.69 Å². The van der Waals surface area contributed by atoms with Crippen LogP contribution in [-0.2, 0) is 13.6 Å². The van der Waals surface area contributed by atoms with Crippen molar-refractivity contribution in [2.75, 3.05) is 5.32 Å². The number of nitrogens with one attached hydrogen (secondary N) is 1. The van der Waals surface area contributed by atoms with Gasteiger partial charge in [-0.15, -0.1) is 5.10 Å². The van der Waals surface area contributed by atoms with Crippen molar-refractivity contribution < 1.29 is 9.21 Å². The van der Waals surface area contributed by atoms with Crippen molar-refractivity contribution >= 4 is 11.9 Å². The van der Waals surface area contributed by atoms with Gasteiger partial charge in [0.1, 0.15) is 5.69 Å². The third kappa shape index (κ3) is 2.48. The van der Waals surface area contributed by atoms with Crippen LogP contribution >= 0.6 is 0 Å². The molecule has 3 aromatic heterocycles. The average Bonchev–Trinajstić information content (AvgIpc) is 3.18. The minimum Gasteiger partial charge on any atom is -0.401 e. The predicted molar refractivity (Wildman–Crippen MR) is 77.1 cm³/mol. The number of hydrogen-bond donors (Lipinski definition) is 1. The Kier molecular flexibility index (Phi) is 3.45. The highest BCUT2D eigenvalue weighted by molar-refractivity contribution is 6.01. The number of carbonyl (C=O) groups excluding carboxylic acids is 1. The molecular formula is C13H15N7O2. The predicted octanol–water partition coefficient (Wildman–Crippen LogP) is 1.25. The summed E-state index contributed by atoms with van der Waals surface area (Å²) in [6.45, 7) is 4.55. The Hall–Kier alpha value is -2.97. The number of anilines is 1. The second kappa shape index (κ2) is 5.43. The SMILES string of the molecule is CCn1nc(C(=O)Nc2nnc(-c3ccnn3C)o2)cc1C. The van der Waals surface area contributed by atoms with Crippen LogP contribution in [0, 0.1) is 6.92 Å². The molecule has 0 atom stereocenters. The van der Waals surface area contributed by atoms with Crippen LogP contribution < -0.4 is 5.32 Å². The summed E-state index contributed by atoms with van der Waals surface area (Å²) < 4.78 is 8.76. The van der Waals surface area contributed by atoms with Gasteiger partial charge in [0, 0.05) is 25.5 Å². The molecule has 3 heterocycles. The summed E-state index contributed by atoms with van der Waals surface area (Å²) in [4.78, 5) is 12.1. The van der Waals surface area contributed by atoms with Gasteiger partial charge in [-0.2, -0.15) is 10.2 Å². The van der Waals surface area contributed by atoms with Crippen molar-refractivity contribution in [2.45, 2.75) is 20.4 Å². The van der Waals surface area contributed by atoms with Gasteiger partial charge in [0.05, 0.1) is 0 Å². The number of amides is 1. The fourth-order valence-corrected chi connectivity index (χ4v) is 2.06. The Balaban J connectivity index is 1.77. The fraction of sp³-hybridized carbons (Fsp3) is 0.308. The van der Waals surface area contributed by atoms with E-state index in [9.17, 15) is 4.79 Å². The molecule has 0 aliphatic carbocycles. The number of carbonyl (C=O) groups is 1. The first-order valence-corrected chi connectivity index (χ1v) is 6.76. The molecule has 9 nitrogen and oxygen atoms in total. The maximum atomic E-state index is 12.1. The second-order valence-corrected chi connectivity index (χ2v) is 4.69. The Labute approximate surface area is 125 Å². The van der Waals surface area contributed by atoms with Crippen LogP contribution in [0.5, 0.6) is 0 Å². The molecule has 0 bridgehead atoms. The molecule has 3 rings (SSSR count). The lowest BCUT2D eigenvalue weighted by Crippen LogP contribution is -2.13. The first-order valence-electron chi connectivity index (χ1n) is 6.76. The molecule has 0 fully saturated rings. The average molecular weight is 301 g/mol. The summed E-state index contributed by atoms with van der Waals surface area (Å²) in [6.07, 6.45) is 1.62. The fourth-order valence-electron chi connectivity index (χ4n) is 2.06. The van der Waals surface area contributed by atoms with Crippen LogP contribution in [0.3, 0.4) is 0 Å². The first-order chi connectivity index (χ1) is 10.6. The molecule has 0 aliphatic rings. The minimum atomic E-state index is -0.393.